The highest BCUT2D eigenvalue weighted by Crippen LogP contribution is 2.48. The van der Waals surface area contributed by atoms with Gasteiger partial charge in [-0.3, -0.25) is 24.6 Å². The fourth-order valence-electron chi connectivity index (χ4n) is 5.76. The van der Waals surface area contributed by atoms with Crippen LogP contribution in [-0.4, -0.2) is 23.7 Å². The van der Waals surface area contributed by atoms with Crippen LogP contribution in [0.1, 0.15) is 46.3 Å². The van der Waals surface area contributed by atoms with Crippen molar-refractivity contribution in [2.24, 2.45) is 0 Å². The first-order valence-corrected chi connectivity index (χ1v) is 13.3. The predicted molar refractivity (Wildman–Crippen MR) is 156 cm³/mol. The summed E-state index contributed by atoms with van der Waals surface area (Å²) in [7, 11) is 1.59. The molecule has 2 atom stereocenters. The van der Waals surface area contributed by atoms with E-state index in [0.29, 0.717) is 40.4 Å². The number of hydrogen-bond donors (Lipinski definition) is 1. The van der Waals surface area contributed by atoms with Gasteiger partial charge in [-0.15, -0.1) is 0 Å². The van der Waals surface area contributed by atoms with Crippen molar-refractivity contribution < 1.29 is 19.2 Å². The Morgan fingerprint density at radius 2 is 1.63 bits per heavy atom. The average Bonchev–Trinajstić information content (AvgIpc) is 3.16. The van der Waals surface area contributed by atoms with E-state index in [-0.39, 0.29) is 29.7 Å². The topological polar surface area (TPSA) is 102 Å². The molecule has 0 radical (unpaired) electrons. The minimum Gasteiger partial charge on any atom is -0.497 e. The fourth-order valence-corrected chi connectivity index (χ4v) is 5.76. The normalized spacial score (nSPS) is 18.1. The zero-order chi connectivity index (χ0) is 28.5. The number of nitrogens with zero attached hydrogens (tertiary/aromatic N) is 2. The first-order chi connectivity index (χ1) is 19.9. The van der Waals surface area contributed by atoms with Gasteiger partial charge in [-0.25, -0.2) is 0 Å². The van der Waals surface area contributed by atoms with E-state index >= 15 is 0 Å². The van der Waals surface area contributed by atoms with E-state index in [4.69, 9.17) is 4.74 Å². The third-order valence-corrected chi connectivity index (χ3v) is 7.71. The Morgan fingerprint density at radius 3 is 2.37 bits per heavy atom. The summed E-state index contributed by atoms with van der Waals surface area (Å²) in [5.74, 6) is 0.0585. The van der Waals surface area contributed by atoms with E-state index in [0.717, 1.165) is 11.1 Å². The number of ether oxygens (including phenoxy) is 1. The number of Topliss-reactive ketones (excluding diaryl/α,β-unsaturated/α-hetero) is 1. The number of nitro benzene ring substituents is 1. The second-order valence-electron chi connectivity index (χ2n) is 10.1. The van der Waals surface area contributed by atoms with Gasteiger partial charge >= 0.3 is 0 Å². The van der Waals surface area contributed by atoms with Gasteiger partial charge in [0.15, 0.2) is 5.78 Å². The summed E-state index contributed by atoms with van der Waals surface area (Å²) in [6.45, 7) is 0. The molecule has 0 fully saturated rings. The van der Waals surface area contributed by atoms with Crippen molar-refractivity contribution in [2.45, 2.75) is 24.8 Å². The molecule has 4 aromatic rings. The molecule has 1 heterocycles. The first kappa shape index (κ1) is 26.0. The minimum absolute atomic E-state index is 0.00959. The Labute approximate surface area is 237 Å². The highest BCUT2D eigenvalue weighted by molar-refractivity contribution is 6.12. The molecule has 8 heteroatoms. The molecular formula is C33H27N3O5. The van der Waals surface area contributed by atoms with Gasteiger partial charge in [0, 0.05) is 35.4 Å². The van der Waals surface area contributed by atoms with Gasteiger partial charge in [0.2, 0.25) is 0 Å². The lowest BCUT2D eigenvalue weighted by molar-refractivity contribution is -0.384. The standard InChI is InChI=1S/C33H27N3O5/c1-41-26-16-14-21(15-17-26)32-31-28(19-24(20-30(31)37)23-10-7-11-25(18-23)36(39)40)34-27-12-5-6-13-29(27)35(32)33(38)22-8-3-2-4-9-22/h2-18,24,32,34H,19-20H2,1H3/t24-,32-/m0/s1. The fraction of sp³-hybridized carbons (Fsp3) is 0.152. The Kier molecular flexibility index (Phi) is 6.81. The number of methoxy groups -OCH3 is 1. The van der Waals surface area contributed by atoms with Crippen molar-refractivity contribution in [3.05, 3.63) is 141 Å². The molecule has 204 valence electrons. The zero-order valence-corrected chi connectivity index (χ0v) is 22.3. The van der Waals surface area contributed by atoms with Crippen LogP contribution >= 0.6 is 0 Å². The third-order valence-electron chi connectivity index (χ3n) is 7.71. The second kappa shape index (κ2) is 10.7. The number of benzene rings is 4. The van der Waals surface area contributed by atoms with Crippen molar-refractivity contribution in [1.82, 2.24) is 0 Å². The summed E-state index contributed by atoms with van der Waals surface area (Å²) in [5, 5.41) is 14.9. The van der Waals surface area contributed by atoms with Crippen molar-refractivity contribution in [1.29, 1.82) is 0 Å². The van der Waals surface area contributed by atoms with Crippen molar-refractivity contribution >= 4 is 28.8 Å². The van der Waals surface area contributed by atoms with E-state index in [1.807, 2.05) is 72.8 Å². The largest absolute Gasteiger partial charge is 0.497 e. The molecule has 0 saturated heterocycles. The lowest BCUT2D eigenvalue weighted by atomic mass is 9.78. The number of para-hydroxylation sites is 2. The molecule has 4 aromatic carbocycles. The molecule has 1 amide bonds. The van der Waals surface area contributed by atoms with Gasteiger partial charge in [0.1, 0.15) is 5.75 Å². The number of allylic oxidation sites excluding steroid dienone is 1. The van der Waals surface area contributed by atoms with Gasteiger partial charge in [-0.1, -0.05) is 54.6 Å². The maximum Gasteiger partial charge on any atom is 0.269 e. The van der Waals surface area contributed by atoms with Crippen LogP contribution in [0.25, 0.3) is 0 Å². The van der Waals surface area contributed by atoms with Crippen molar-refractivity contribution in [3.63, 3.8) is 0 Å². The summed E-state index contributed by atoms with van der Waals surface area (Å²) in [6, 6.07) is 29.7. The summed E-state index contributed by atoms with van der Waals surface area (Å²) >= 11 is 0. The number of carbonyl (C=O) groups is 2. The number of anilines is 2. The second-order valence-corrected chi connectivity index (χ2v) is 10.1. The van der Waals surface area contributed by atoms with Crippen LogP contribution in [0.4, 0.5) is 17.1 Å². The highest BCUT2D eigenvalue weighted by atomic mass is 16.6. The van der Waals surface area contributed by atoms with E-state index in [1.54, 1.807) is 36.3 Å². The van der Waals surface area contributed by atoms with Crippen LogP contribution in [-0.2, 0) is 4.79 Å². The summed E-state index contributed by atoms with van der Waals surface area (Å²) in [4.78, 5) is 41.1. The molecule has 0 saturated carbocycles. The molecule has 0 bridgehead atoms. The van der Waals surface area contributed by atoms with Crippen molar-refractivity contribution in [3.8, 4) is 5.75 Å². The van der Waals surface area contributed by atoms with E-state index < -0.39 is 11.0 Å². The smallest absolute Gasteiger partial charge is 0.269 e. The number of non-ortho nitro benzene ring substituents is 1. The van der Waals surface area contributed by atoms with Crippen LogP contribution in [0.5, 0.6) is 5.75 Å². The summed E-state index contributed by atoms with van der Waals surface area (Å²) in [5.41, 5.74) is 4.56. The van der Waals surface area contributed by atoms with Crippen LogP contribution in [0.2, 0.25) is 0 Å². The highest BCUT2D eigenvalue weighted by Gasteiger charge is 2.42. The molecule has 1 aliphatic carbocycles. The number of carbonyl (C=O) groups excluding carboxylic acids is 2. The van der Waals surface area contributed by atoms with Gasteiger partial charge in [-0.2, -0.15) is 0 Å². The molecule has 0 unspecified atom stereocenters. The molecule has 2 aliphatic rings. The number of ketones is 1. The predicted octanol–water partition coefficient (Wildman–Crippen LogP) is 6.82. The first-order valence-electron chi connectivity index (χ1n) is 13.3. The number of fused-ring (bicyclic) bond motifs is 1. The monoisotopic (exact) mass is 545 g/mol. The van der Waals surface area contributed by atoms with E-state index in [2.05, 4.69) is 5.32 Å². The number of hydrogen-bond acceptors (Lipinski definition) is 6. The number of nitro groups is 1. The third kappa shape index (κ3) is 4.84. The van der Waals surface area contributed by atoms with Gasteiger partial charge < -0.3 is 10.1 Å². The van der Waals surface area contributed by atoms with Gasteiger partial charge in [-0.05, 0) is 59.9 Å². The molecule has 8 nitrogen and oxygen atoms in total. The SMILES string of the molecule is COc1ccc([C@H]2C3=C(C[C@H](c4cccc([N+](=O)[O-])c4)CC3=O)Nc3ccccc3N2C(=O)c2ccccc2)cc1. The summed E-state index contributed by atoms with van der Waals surface area (Å²) in [6.07, 6.45) is 0.620. The number of amides is 1. The van der Waals surface area contributed by atoms with Crippen LogP contribution < -0.4 is 15.0 Å². The average molecular weight is 546 g/mol. The molecule has 0 spiro atoms. The Balaban J connectivity index is 1.54. The molecule has 0 aromatic heterocycles. The van der Waals surface area contributed by atoms with Crippen LogP contribution in [0.15, 0.2) is 114 Å². The number of nitrogens with one attached hydrogen (secondary N) is 1. The molecule has 6 rings (SSSR count). The maximum atomic E-state index is 14.3. The molecule has 41 heavy (non-hydrogen) atoms. The Hall–Kier alpha value is -5.24. The van der Waals surface area contributed by atoms with Gasteiger partial charge in [0.25, 0.3) is 11.6 Å². The Bertz CT molecular complexity index is 1680. The lowest BCUT2D eigenvalue weighted by Gasteiger charge is -2.35. The molecule has 1 aliphatic heterocycles. The van der Waals surface area contributed by atoms with Crippen LogP contribution in [0.3, 0.4) is 0 Å². The van der Waals surface area contributed by atoms with E-state index in [1.165, 1.54) is 6.07 Å². The quantitative estimate of drug-likeness (QED) is 0.218. The number of rotatable bonds is 5. The lowest BCUT2D eigenvalue weighted by Crippen LogP contribution is -2.38. The van der Waals surface area contributed by atoms with E-state index in [9.17, 15) is 19.7 Å². The zero-order valence-electron chi connectivity index (χ0n) is 22.3. The molecule has 1 N–H and O–H groups in total. The minimum atomic E-state index is -0.710. The maximum absolute atomic E-state index is 14.3. The van der Waals surface area contributed by atoms with Crippen LogP contribution in [0, 0.1) is 10.1 Å². The van der Waals surface area contributed by atoms with Gasteiger partial charge in [0.05, 0.1) is 29.4 Å². The Morgan fingerprint density at radius 1 is 0.902 bits per heavy atom. The molecular weight excluding hydrogens is 518 g/mol. The van der Waals surface area contributed by atoms with Crippen molar-refractivity contribution in [2.75, 3.05) is 17.3 Å². The summed E-state index contributed by atoms with van der Waals surface area (Å²) < 4.78 is 5.38.